The molecule has 7 nitrogen and oxygen atoms in total. The number of benzene rings is 1. The summed E-state index contributed by atoms with van der Waals surface area (Å²) in [6, 6.07) is 12.0. The Morgan fingerprint density at radius 2 is 1.97 bits per heavy atom. The van der Waals surface area contributed by atoms with Gasteiger partial charge in [-0.25, -0.2) is 4.99 Å². The number of aromatic nitrogens is 3. The van der Waals surface area contributed by atoms with Crippen LogP contribution in [0.3, 0.4) is 0 Å². The number of hydrogen-bond donors (Lipinski definition) is 3. The Morgan fingerprint density at radius 1 is 1.21 bits per heavy atom. The second-order valence-corrected chi connectivity index (χ2v) is 7.65. The number of halogens is 1. The Hall–Kier alpha value is -1.98. The van der Waals surface area contributed by atoms with E-state index in [0.29, 0.717) is 25.6 Å². The molecule has 3 aromatic rings. The summed E-state index contributed by atoms with van der Waals surface area (Å²) in [6.45, 7) is 5.06. The normalized spacial score (nSPS) is 13.4. The molecule has 1 atom stereocenters. The first-order chi connectivity index (χ1) is 13.5. The fourth-order valence-corrected chi connectivity index (χ4v) is 3.41. The maximum Gasteiger partial charge on any atom is 0.192 e. The highest BCUT2D eigenvalue weighted by Gasteiger charge is 2.23. The SMILES string of the molecule is Cc1nnc(CNC(=NCc2ccccc2)NCC(C)(O)c2ccsc2)n1C.I. The number of thiophene rings is 1. The van der Waals surface area contributed by atoms with E-state index in [0.717, 1.165) is 22.8 Å². The van der Waals surface area contributed by atoms with Crippen molar-refractivity contribution in [2.75, 3.05) is 6.54 Å². The van der Waals surface area contributed by atoms with Gasteiger partial charge in [-0.05, 0) is 41.8 Å². The fraction of sp³-hybridized carbons (Fsp3) is 0.350. The standard InChI is InChI=1S/C20H26N6OS.HI/c1-15-24-25-18(26(15)3)12-22-19(21-11-16-7-5-4-6-8-16)23-14-20(2,27)17-9-10-28-13-17;/h4-10,13,27H,11-12,14H2,1-3H3,(H2,21,22,23);1H. The molecule has 0 fully saturated rings. The molecule has 0 saturated heterocycles. The molecule has 0 aliphatic rings. The lowest BCUT2D eigenvalue weighted by Gasteiger charge is -2.24. The summed E-state index contributed by atoms with van der Waals surface area (Å²) < 4.78 is 1.93. The van der Waals surface area contributed by atoms with Crippen LogP contribution < -0.4 is 10.6 Å². The molecule has 2 heterocycles. The van der Waals surface area contributed by atoms with E-state index in [1.54, 1.807) is 18.3 Å². The van der Waals surface area contributed by atoms with Crippen LogP contribution in [0.2, 0.25) is 0 Å². The molecule has 3 rings (SSSR count). The predicted molar refractivity (Wildman–Crippen MR) is 127 cm³/mol. The number of nitrogens with one attached hydrogen (secondary N) is 2. The number of hydrogen-bond acceptors (Lipinski definition) is 5. The number of nitrogens with zero attached hydrogens (tertiary/aromatic N) is 4. The number of rotatable bonds is 7. The van der Waals surface area contributed by atoms with Crippen molar-refractivity contribution in [3.05, 3.63) is 69.9 Å². The van der Waals surface area contributed by atoms with Gasteiger partial charge in [-0.3, -0.25) is 0 Å². The van der Waals surface area contributed by atoms with Crippen LogP contribution in [0, 0.1) is 6.92 Å². The molecule has 0 spiro atoms. The van der Waals surface area contributed by atoms with Crippen molar-refractivity contribution in [3.63, 3.8) is 0 Å². The van der Waals surface area contributed by atoms with Gasteiger partial charge in [0.25, 0.3) is 0 Å². The molecular weight excluding hydrogens is 499 g/mol. The van der Waals surface area contributed by atoms with Gasteiger partial charge in [-0.15, -0.1) is 34.2 Å². The zero-order valence-corrected chi connectivity index (χ0v) is 19.9. The topological polar surface area (TPSA) is 87.4 Å². The van der Waals surface area contributed by atoms with Crippen LogP contribution >= 0.6 is 35.3 Å². The average molecular weight is 526 g/mol. The minimum Gasteiger partial charge on any atom is -0.384 e. The van der Waals surface area contributed by atoms with Crippen LogP contribution in [-0.4, -0.2) is 32.4 Å². The lowest BCUT2D eigenvalue weighted by molar-refractivity contribution is 0.0621. The number of aliphatic hydroxyl groups is 1. The van der Waals surface area contributed by atoms with E-state index in [1.807, 2.05) is 65.7 Å². The summed E-state index contributed by atoms with van der Waals surface area (Å²) in [5.74, 6) is 2.28. The van der Waals surface area contributed by atoms with Gasteiger partial charge in [0, 0.05) is 7.05 Å². The van der Waals surface area contributed by atoms with Crippen molar-refractivity contribution in [1.29, 1.82) is 0 Å². The van der Waals surface area contributed by atoms with Gasteiger partial charge >= 0.3 is 0 Å². The molecule has 0 saturated carbocycles. The number of aryl methyl sites for hydroxylation is 1. The van der Waals surface area contributed by atoms with Gasteiger partial charge in [0.15, 0.2) is 11.8 Å². The van der Waals surface area contributed by atoms with E-state index in [4.69, 9.17) is 0 Å². The van der Waals surface area contributed by atoms with E-state index in [2.05, 4.69) is 25.8 Å². The molecule has 156 valence electrons. The summed E-state index contributed by atoms with van der Waals surface area (Å²) in [4.78, 5) is 4.66. The smallest absolute Gasteiger partial charge is 0.192 e. The third-order valence-corrected chi connectivity index (χ3v) is 5.29. The molecule has 0 bridgehead atoms. The minimum atomic E-state index is -0.990. The first kappa shape index (κ1) is 23.3. The third-order valence-electron chi connectivity index (χ3n) is 4.60. The zero-order chi connectivity index (χ0) is 20.0. The Balaban J connectivity index is 0.00000300. The van der Waals surface area contributed by atoms with Crippen molar-refractivity contribution in [1.82, 2.24) is 25.4 Å². The molecule has 1 aromatic carbocycles. The highest BCUT2D eigenvalue weighted by Crippen LogP contribution is 2.21. The van der Waals surface area contributed by atoms with Gasteiger partial charge in [0.2, 0.25) is 0 Å². The van der Waals surface area contributed by atoms with Crippen LogP contribution in [-0.2, 0) is 25.7 Å². The molecule has 29 heavy (non-hydrogen) atoms. The Labute approximate surface area is 192 Å². The highest BCUT2D eigenvalue weighted by molar-refractivity contribution is 14.0. The van der Waals surface area contributed by atoms with Crippen LogP contribution in [0.25, 0.3) is 0 Å². The quantitative estimate of drug-likeness (QED) is 0.251. The van der Waals surface area contributed by atoms with Gasteiger partial charge in [-0.2, -0.15) is 11.3 Å². The Kier molecular flexibility index (Phi) is 8.60. The minimum absolute atomic E-state index is 0. The van der Waals surface area contributed by atoms with Crippen LogP contribution in [0.4, 0.5) is 0 Å². The Morgan fingerprint density at radius 3 is 2.59 bits per heavy atom. The van der Waals surface area contributed by atoms with E-state index < -0.39 is 5.60 Å². The molecule has 0 amide bonds. The van der Waals surface area contributed by atoms with Crippen LogP contribution in [0.15, 0.2) is 52.2 Å². The van der Waals surface area contributed by atoms with Crippen LogP contribution in [0.1, 0.15) is 29.7 Å². The van der Waals surface area contributed by atoms with Crippen molar-refractivity contribution in [3.8, 4) is 0 Å². The first-order valence-electron chi connectivity index (χ1n) is 9.12. The van der Waals surface area contributed by atoms with E-state index in [1.165, 1.54) is 0 Å². The summed E-state index contributed by atoms with van der Waals surface area (Å²) in [6.07, 6.45) is 0. The maximum absolute atomic E-state index is 10.8. The monoisotopic (exact) mass is 526 g/mol. The lowest BCUT2D eigenvalue weighted by Crippen LogP contribution is -2.44. The van der Waals surface area contributed by atoms with E-state index in [-0.39, 0.29) is 24.0 Å². The van der Waals surface area contributed by atoms with Crippen molar-refractivity contribution in [2.45, 2.75) is 32.5 Å². The molecule has 9 heteroatoms. The summed E-state index contributed by atoms with van der Waals surface area (Å²) in [7, 11) is 1.93. The van der Waals surface area contributed by atoms with Gasteiger partial charge < -0.3 is 20.3 Å². The number of guanidine groups is 1. The molecule has 0 aliphatic carbocycles. The summed E-state index contributed by atoms with van der Waals surface area (Å²) in [5, 5.41) is 29.5. The second kappa shape index (κ2) is 10.7. The van der Waals surface area contributed by atoms with Crippen molar-refractivity contribution < 1.29 is 5.11 Å². The molecular formula is C20H27IN6OS. The highest BCUT2D eigenvalue weighted by atomic mass is 127. The third kappa shape index (κ3) is 6.51. The summed E-state index contributed by atoms with van der Waals surface area (Å²) >= 11 is 1.57. The zero-order valence-electron chi connectivity index (χ0n) is 16.8. The molecule has 3 N–H and O–H groups in total. The van der Waals surface area contributed by atoms with Crippen LogP contribution in [0.5, 0.6) is 0 Å². The molecule has 0 aliphatic heterocycles. The second-order valence-electron chi connectivity index (χ2n) is 6.87. The van der Waals surface area contributed by atoms with Gasteiger partial charge in [0.05, 0.1) is 19.6 Å². The molecule has 1 unspecified atom stereocenters. The van der Waals surface area contributed by atoms with Crippen molar-refractivity contribution in [2.24, 2.45) is 12.0 Å². The molecule has 2 aromatic heterocycles. The van der Waals surface area contributed by atoms with Gasteiger partial charge in [0.1, 0.15) is 11.4 Å². The fourth-order valence-electron chi connectivity index (χ4n) is 2.62. The summed E-state index contributed by atoms with van der Waals surface area (Å²) in [5.41, 5.74) is 1.01. The average Bonchev–Trinajstić information content (AvgIpc) is 3.34. The van der Waals surface area contributed by atoms with E-state index >= 15 is 0 Å². The lowest BCUT2D eigenvalue weighted by atomic mass is 9.99. The largest absolute Gasteiger partial charge is 0.384 e. The van der Waals surface area contributed by atoms with E-state index in [9.17, 15) is 5.11 Å². The van der Waals surface area contributed by atoms with Crippen molar-refractivity contribution >= 4 is 41.3 Å². The number of aliphatic imine (C=N–C) groups is 1. The predicted octanol–water partition coefficient (Wildman–Crippen LogP) is 2.95. The Bertz CT molecular complexity index is 908. The van der Waals surface area contributed by atoms with Gasteiger partial charge in [-0.1, -0.05) is 30.3 Å². The molecule has 0 radical (unpaired) electrons. The first-order valence-corrected chi connectivity index (χ1v) is 10.1. The maximum atomic E-state index is 10.8.